The summed E-state index contributed by atoms with van der Waals surface area (Å²) in [6, 6.07) is 30.1. The number of nitrogens with one attached hydrogen (secondary N) is 1. The first-order valence-corrected chi connectivity index (χ1v) is 11.6. The fraction of sp³-hybridized carbons (Fsp3) is 0.286. The summed E-state index contributed by atoms with van der Waals surface area (Å²) in [4.78, 5) is 17.6. The van der Waals surface area contributed by atoms with Gasteiger partial charge in [0.05, 0.1) is 17.7 Å². The highest BCUT2D eigenvalue weighted by atomic mass is 16.1. The summed E-state index contributed by atoms with van der Waals surface area (Å²) in [7, 11) is 0. The smallest absolute Gasteiger partial charge is 0.222 e. The van der Waals surface area contributed by atoms with E-state index in [1.54, 1.807) is 0 Å². The Morgan fingerprint density at radius 2 is 1.48 bits per heavy atom. The molecule has 0 aliphatic carbocycles. The van der Waals surface area contributed by atoms with Crippen molar-refractivity contribution in [1.82, 2.24) is 10.2 Å². The number of amides is 1. The van der Waals surface area contributed by atoms with Gasteiger partial charge >= 0.3 is 0 Å². The summed E-state index contributed by atoms with van der Waals surface area (Å²) >= 11 is 0. The first-order valence-electron chi connectivity index (χ1n) is 11.6. The lowest BCUT2D eigenvalue weighted by Gasteiger charge is -2.24. The number of benzene rings is 3. The Morgan fingerprint density at radius 3 is 2.09 bits per heavy atom. The third-order valence-corrected chi connectivity index (χ3v) is 6.18. The Bertz CT molecular complexity index is 1020. The molecule has 3 aromatic carbocycles. The minimum atomic E-state index is -0.143. The van der Waals surface area contributed by atoms with E-state index in [1.165, 1.54) is 0 Å². The van der Waals surface area contributed by atoms with Crippen molar-refractivity contribution in [2.75, 3.05) is 37.6 Å². The molecular weight excluding hydrogens is 408 g/mol. The first kappa shape index (κ1) is 22.6. The molecule has 0 radical (unpaired) electrons. The van der Waals surface area contributed by atoms with E-state index in [-0.39, 0.29) is 11.9 Å². The largest absolute Gasteiger partial charge is 0.370 e. The molecule has 0 bridgehead atoms. The molecule has 1 fully saturated rings. The van der Waals surface area contributed by atoms with E-state index >= 15 is 0 Å². The lowest BCUT2D eigenvalue weighted by Crippen LogP contribution is -2.35. The number of hydrogen-bond donors (Lipinski definition) is 1. The zero-order chi connectivity index (χ0) is 22.9. The Balaban J connectivity index is 1.32. The standard InChI is InChI=1S/C28H30N4O/c29-22-23-12-14-26(15-13-23)32-18-7-17-31(20-21-32)19-16-27(33)30-28(24-8-3-1-4-9-24)25-10-5-2-6-11-25/h1-6,8-15,28H,7,16-21H2,(H,30,33). The van der Waals surface area contributed by atoms with Crippen molar-refractivity contribution in [2.45, 2.75) is 18.9 Å². The van der Waals surface area contributed by atoms with Crippen LogP contribution in [0.4, 0.5) is 5.69 Å². The van der Waals surface area contributed by atoms with E-state index < -0.39 is 0 Å². The second-order valence-corrected chi connectivity index (χ2v) is 8.41. The minimum absolute atomic E-state index is 0.0703. The second-order valence-electron chi connectivity index (χ2n) is 8.41. The zero-order valence-electron chi connectivity index (χ0n) is 18.9. The number of hydrogen-bond acceptors (Lipinski definition) is 4. The van der Waals surface area contributed by atoms with Crippen LogP contribution in [0.15, 0.2) is 84.9 Å². The van der Waals surface area contributed by atoms with E-state index in [0.717, 1.165) is 56.0 Å². The third-order valence-electron chi connectivity index (χ3n) is 6.18. The van der Waals surface area contributed by atoms with E-state index in [0.29, 0.717) is 12.0 Å². The van der Waals surface area contributed by atoms with Gasteiger partial charge < -0.3 is 15.1 Å². The predicted octanol–water partition coefficient (Wildman–Crippen LogP) is 4.37. The van der Waals surface area contributed by atoms with Gasteiger partial charge in [0.2, 0.25) is 5.91 Å². The van der Waals surface area contributed by atoms with Gasteiger partial charge in [0.15, 0.2) is 0 Å². The second kappa shape index (κ2) is 11.3. The van der Waals surface area contributed by atoms with Crippen molar-refractivity contribution in [1.29, 1.82) is 5.26 Å². The number of carbonyl (C=O) groups is 1. The number of anilines is 1. The Morgan fingerprint density at radius 1 is 0.848 bits per heavy atom. The molecule has 1 saturated heterocycles. The van der Waals surface area contributed by atoms with Crippen LogP contribution in [0.3, 0.4) is 0 Å². The number of rotatable bonds is 7. The van der Waals surface area contributed by atoms with Crippen LogP contribution < -0.4 is 10.2 Å². The zero-order valence-corrected chi connectivity index (χ0v) is 18.9. The normalized spacial score (nSPS) is 14.5. The molecule has 33 heavy (non-hydrogen) atoms. The fourth-order valence-corrected chi connectivity index (χ4v) is 4.34. The molecule has 3 aromatic rings. The van der Waals surface area contributed by atoms with Crippen molar-refractivity contribution < 1.29 is 4.79 Å². The molecule has 0 spiro atoms. The molecule has 0 saturated carbocycles. The number of carbonyl (C=O) groups excluding carboxylic acids is 1. The maximum atomic E-state index is 12.9. The monoisotopic (exact) mass is 438 g/mol. The molecule has 5 nitrogen and oxygen atoms in total. The lowest BCUT2D eigenvalue weighted by atomic mass is 9.98. The molecule has 1 N–H and O–H groups in total. The van der Waals surface area contributed by atoms with E-state index in [9.17, 15) is 4.79 Å². The molecule has 1 amide bonds. The number of nitrogens with zero attached hydrogens (tertiary/aromatic N) is 3. The van der Waals surface area contributed by atoms with Crippen molar-refractivity contribution in [2.24, 2.45) is 0 Å². The highest BCUT2D eigenvalue weighted by molar-refractivity contribution is 5.77. The fourth-order valence-electron chi connectivity index (χ4n) is 4.34. The summed E-state index contributed by atoms with van der Waals surface area (Å²) < 4.78 is 0. The van der Waals surface area contributed by atoms with Crippen molar-refractivity contribution >= 4 is 11.6 Å². The molecule has 4 rings (SSSR count). The van der Waals surface area contributed by atoms with Crippen LogP contribution in [0.5, 0.6) is 0 Å². The maximum absolute atomic E-state index is 12.9. The average Bonchev–Trinajstić information content (AvgIpc) is 3.13. The van der Waals surface area contributed by atoms with Crippen molar-refractivity contribution in [3.63, 3.8) is 0 Å². The minimum Gasteiger partial charge on any atom is -0.370 e. The van der Waals surface area contributed by atoms with Gasteiger partial charge in [-0.2, -0.15) is 5.26 Å². The summed E-state index contributed by atoms with van der Waals surface area (Å²) in [6.07, 6.45) is 1.53. The van der Waals surface area contributed by atoms with Crippen molar-refractivity contribution in [3.8, 4) is 6.07 Å². The van der Waals surface area contributed by atoms with E-state index in [2.05, 4.69) is 45.5 Å². The molecule has 0 atom stereocenters. The summed E-state index contributed by atoms with van der Waals surface area (Å²) in [5.74, 6) is 0.0703. The maximum Gasteiger partial charge on any atom is 0.222 e. The lowest BCUT2D eigenvalue weighted by molar-refractivity contribution is -0.121. The SMILES string of the molecule is N#Cc1ccc(N2CCCN(CCC(=O)NC(c3ccccc3)c3ccccc3)CC2)cc1. The number of nitriles is 1. The topological polar surface area (TPSA) is 59.4 Å². The molecule has 0 aromatic heterocycles. The van der Waals surface area contributed by atoms with Gasteiger partial charge in [0, 0.05) is 38.3 Å². The summed E-state index contributed by atoms with van der Waals surface area (Å²) in [5.41, 5.74) is 4.02. The van der Waals surface area contributed by atoms with Gasteiger partial charge in [-0.05, 0) is 48.4 Å². The molecule has 1 heterocycles. The van der Waals surface area contributed by atoms with E-state index in [1.807, 2.05) is 60.7 Å². The molecular formula is C28H30N4O. The third kappa shape index (κ3) is 6.21. The predicted molar refractivity (Wildman–Crippen MR) is 132 cm³/mol. The molecule has 0 unspecified atom stereocenters. The first-order chi connectivity index (χ1) is 16.2. The van der Waals surface area contributed by atoms with Gasteiger partial charge in [-0.3, -0.25) is 4.79 Å². The summed E-state index contributed by atoms with van der Waals surface area (Å²) in [5, 5.41) is 12.3. The van der Waals surface area contributed by atoms with Crippen LogP contribution >= 0.6 is 0 Å². The van der Waals surface area contributed by atoms with Crippen LogP contribution in [0, 0.1) is 11.3 Å². The van der Waals surface area contributed by atoms with Crippen LogP contribution in [0.2, 0.25) is 0 Å². The van der Waals surface area contributed by atoms with Crippen LogP contribution in [0.25, 0.3) is 0 Å². The molecule has 1 aliphatic rings. The van der Waals surface area contributed by atoms with Gasteiger partial charge in [-0.15, -0.1) is 0 Å². The van der Waals surface area contributed by atoms with Gasteiger partial charge in [0.1, 0.15) is 0 Å². The van der Waals surface area contributed by atoms with Crippen molar-refractivity contribution in [3.05, 3.63) is 102 Å². The Hall–Kier alpha value is -3.62. The molecule has 1 aliphatic heterocycles. The Labute approximate surface area is 196 Å². The molecule has 168 valence electrons. The van der Waals surface area contributed by atoms with Gasteiger partial charge in [0.25, 0.3) is 0 Å². The Kier molecular flexibility index (Phi) is 7.73. The van der Waals surface area contributed by atoms with Crippen LogP contribution in [-0.2, 0) is 4.79 Å². The van der Waals surface area contributed by atoms with Crippen LogP contribution in [-0.4, -0.2) is 43.5 Å². The highest BCUT2D eigenvalue weighted by Crippen LogP contribution is 2.22. The van der Waals surface area contributed by atoms with E-state index in [4.69, 9.17) is 5.26 Å². The van der Waals surface area contributed by atoms with Gasteiger partial charge in [-0.25, -0.2) is 0 Å². The van der Waals surface area contributed by atoms with Crippen LogP contribution in [0.1, 0.15) is 35.6 Å². The summed E-state index contributed by atoms with van der Waals surface area (Å²) in [6.45, 7) is 4.57. The molecule has 5 heteroatoms. The van der Waals surface area contributed by atoms with Gasteiger partial charge in [-0.1, -0.05) is 60.7 Å². The average molecular weight is 439 g/mol. The highest BCUT2D eigenvalue weighted by Gasteiger charge is 2.19. The quantitative estimate of drug-likeness (QED) is 0.595.